The van der Waals surface area contributed by atoms with Crippen LogP contribution in [0.1, 0.15) is 50.7 Å². The minimum atomic E-state index is -3.13. The van der Waals surface area contributed by atoms with Crippen molar-refractivity contribution in [3.63, 3.8) is 0 Å². The zero-order valence-corrected chi connectivity index (χ0v) is 15.3. The van der Waals surface area contributed by atoms with Gasteiger partial charge in [-0.2, -0.15) is 0 Å². The molecule has 0 bridgehead atoms. The molecule has 120 valence electrons. The molecular weight excluding hydrogens is 303 g/mol. The molecule has 1 rings (SSSR count). The zero-order chi connectivity index (χ0) is 15.7. The Kier molecular flexibility index (Phi) is 8.65. The van der Waals surface area contributed by atoms with Crippen molar-refractivity contribution in [2.75, 3.05) is 13.2 Å². The highest BCUT2D eigenvalue weighted by Crippen LogP contribution is 2.64. The van der Waals surface area contributed by atoms with Crippen LogP contribution in [0.4, 0.5) is 0 Å². The lowest BCUT2D eigenvalue weighted by Crippen LogP contribution is -1.97. The van der Waals surface area contributed by atoms with Gasteiger partial charge in [0.2, 0.25) is 0 Å². The van der Waals surface area contributed by atoms with Crippen LogP contribution in [0.3, 0.4) is 0 Å². The molecule has 21 heavy (non-hydrogen) atoms. The molecule has 1 aromatic rings. The second kappa shape index (κ2) is 9.68. The second-order valence-corrected chi connectivity index (χ2v) is 9.10. The van der Waals surface area contributed by atoms with Gasteiger partial charge in [0, 0.05) is 4.90 Å². The molecule has 0 aromatic heterocycles. The van der Waals surface area contributed by atoms with Gasteiger partial charge in [0.15, 0.2) is 0 Å². The fourth-order valence-electron chi connectivity index (χ4n) is 1.75. The Morgan fingerprint density at radius 3 is 2.10 bits per heavy atom. The molecule has 0 fully saturated rings. The summed E-state index contributed by atoms with van der Waals surface area (Å²) in [4.78, 5) is 0.969. The molecule has 0 aliphatic rings. The third-order valence-electron chi connectivity index (χ3n) is 3.04. The molecule has 0 radical (unpaired) electrons. The van der Waals surface area contributed by atoms with Crippen LogP contribution in [0, 0.1) is 13.8 Å². The molecule has 5 heteroatoms. The van der Waals surface area contributed by atoms with Crippen molar-refractivity contribution in [3.8, 4) is 0 Å². The first-order chi connectivity index (χ1) is 10.0. The minimum Gasteiger partial charge on any atom is -0.301 e. The second-order valence-electron chi connectivity index (χ2n) is 5.18. The molecule has 0 N–H and O–H groups in total. The molecule has 0 saturated carbocycles. The molecule has 0 aliphatic carbocycles. The first-order valence-electron chi connectivity index (χ1n) is 7.66. The standard InChI is InChI=1S/C16H27O3PS/c1-5-7-11-18-20(17,19-12-8-6-2)21-16-10-9-14(3)13-15(16)4/h9-10,13H,5-8,11-12H2,1-4H3. The van der Waals surface area contributed by atoms with Crippen molar-refractivity contribution >= 4 is 18.2 Å². The quantitative estimate of drug-likeness (QED) is 0.381. The van der Waals surface area contributed by atoms with Gasteiger partial charge in [-0.25, -0.2) is 4.57 Å². The van der Waals surface area contributed by atoms with E-state index >= 15 is 0 Å². The Balaban J connectivity index is 2.77. The third kappa shape index (κ3) is 7.01. The summed E-state index contributed by atoms with van der Waals surface area (Å²) in [5, 5.41) is 0. The van der Waals surface area contributed by atoms with Crippen LogP contribution in [0.5, 0.6) is 0 Å². The molecule has 0 saturated heterocycles. The number of benzene rings is 1. The van der Waals surface area contributed by atoms with Gasteiger partial charge in [-0.15, -0.1) is 0 Å². The lowest BCUT2D eigenvalue weighted by atomic mass is 10.2. The van der Waals surface area contributed by atoms with E-state index in [0.29, 0.717) is 13.2 Å². The highest BCUT2D eigenvalue weighted by molar-refractivity contribution is 8.55. The van der Waals surface area contributed by atoms with Gasteiger partial charge >= 0.3 is 6.80 Å². The molecule has 0 spiro atoms. The summed E-state index contributed by atoms with van der Waals surface area (Å²) in [6.07, 6.45) is 3.83. The molecule has 0 heterocycles. The number of rotatable bonds is 10. The molecule has 1 aromatic carbocycles. The maximum absolute atomic E-state index is 12.9. The summed E-state index contributed by atoms with van der Waals surface area (Å²) in [7, 11) is 0. The molecule has 0 amide bonds. The van der Waals surface area contributed by atoms with Crippen molar-refractivity contribution in [3.05, 3.63) is 29.3 Å². The summed E-state index contributed by atoms with van der Waals surface area (Å²) < 4.78 is 24.1. The van der Waals surface area contributed by atoms with Crippen LogP contribution in [0.2, 0.25) is 0 Å². The van der Waals surface area contributed by atoms with Crippen LogP contribution in [-0.2, 0) is 13.6 Å². The van der Waals surface area contributed by atoms with Crippen LogP contribution in [0.25, 0.3) is 0 Å². The number of aryl methyl sites for hydroxylation is 2. The fourth-order valence-corrected chi connectivity index (χ4v) is 5.31. The van der Waals surface area contributed by atoms with E-state index in [4.69, 9.17) is 9.05 Å². The van der Waals surface area contributed by atoms with Crippen molar-refractivity contribution in [1.82, 2.24) is 0 Å². The Hall–Kier alpha value is -0.280. The van der Waals surface area contributed by atoms with Gasteiger partial charge in [-0.3, -0.25) is 0 Å². The van der Waals surface area contributed by atoms with Gasteiger partial charge in [-0.1, -0.05) is 44.4 Å². The minimum absolute atomic E-state index is 0.484. The van der Waals surface area contributed by atoms with E-state index in [0.717, 1.165) is 36.1 Å². The highest BCUT2D eigenvalue weighted by atomic mass is 32.7. The first-order valence-corrected chi connectivity index (χ1v) is 10.6. The summed E-state index contributed by atoms with van der Waals surface area (Å²) in [5.74, 6) is 0. The average Bonchev–Trinajstić information content (AvgIpc) is 2.43. The average molecular weight is 330 g/mol. The predicted octanol–water partition coefficient (Wildman–Crippen LogP) is 6.14. The van der Waals surface area contributed by atoms with Crippen molar-refractivity contribution in [2.45, 2.75) is 58.3 Å². The third-order valence-corrected chi connectivity index (χ3v) is 6.80. The molecule has 3 nitrogen and oxygen atoms in total. The van der Waals surface area contributed by atoms with Crippen molar-refractivity contribution < 1.29 is 13.6 Å². The van der Waals surface area contributed by atoms with E-state index in [2.05, 4.69) is 26.8 Å². The van der Waals surface area contributed by atoms with Crippen LogP contribution in [-0.4, -0.2) is 13.2 Å². The number of hydrogen-bond donors (Lipinski definition) is 0. The van der Waals surface area contributed by atoms with Crippen LogP contribution >= 0.6 is 18.2 Å². The van der Waals surface area contributed by atoms with Gasteiger partial charge in [0.25, 0.3) is 0 Å². The molecule has 0 aliphatic heterocycles. The number of hydrogen-bond acceptors (Lipinski definition) is 4. The smallest absolute Gasteiger partial charge is 0.301 e. The molecule has 0 unspecified atom stereocenters. The Morgan fingerprint density at radius 1 is 1.05 bits per heavy atom. The van der Waals surface area contributed by atoms with Gasteiger partial charge in [0.1, 0.15) is 0 Å². The zero-order valence-electron chi connectivity index (χ0n) is 13.6. The van der Waals surface area contributed by atoms with Crippen molar-refractivity contribution in [1.29, 1.82) is 0 Å². The van der Waals surface area contributed by atoms with E-state index in [9.17, 15) is 4.57 Å². The summed E-state index contributed by atoms with van der Waals surface area (Å²) in [6, 6.07) is 6.11. The Labute approximate surface area is 133 Å². The Morgan fingerprint density at radius 2 is 1.62 bits per heavy atom. The fraction of sp³-hybridized carbons (Fsp3) is 0.625. The van der Waals surface area contributed by atoms with Crippen LogP contribution < -0.4 is 0 Å². The maximum Gasteiger partial charge on any atom is 0.393 e. The van der Waals surface area contributed by atoms with Gasteiger partial charge in [0.05, 0.1) is 13.2 Å². The first kappa shape index (κ1) is 18.8. The normalized spacial score (nSPS) is 11.8. The number of unbranched alkanes of at least 4 members (excludes halogenated alkanes) is 2. The summed E-state index contributed by atoms with van der Waals surface area (Å²) >= 11 is 1.24. The largest absolute Gasteiger partial charge is 0.393 e. The van der Waals surface area contributed by atoms with E-state index in [-0.39, 0.29) is 0 Å². The monoisotopic (exact) mass is 330 g/mol. The Bertz CT molecular complexity index is 463. The van der Waals surface area contributed by atoms with Crippen molar-refractivity contribution in [2.24, 2.45) is 0 Å². The maximum atomic E-state index is 12.9. The summed E-state index contributed by atoms with van der Waals surface area (Å²) in [6.45, 7) is 6.09. The topological polar surface area (TPSA) is 35.5 Å². The SMILES string of the molecule is CCCCOP(=O)(OCCCC)Sc1ccc(C)cc1C. The lowest BCUT2D eigenvalue weighted by Gasteiger charge is -2.18. The van der Waals surface area contributed by atoms with Crippen LogP contribution in [0.15, 0.2) is 23.1 Å². The summed E-state index contributed by atoms with van der Waals surface area (Å²) in [5.41, 5.74) is 2.31. The predicted molar refractivity (Wildman–Crippen MR) is 91.1 cm³/mol. The van der Waals surface area contributed by atoms with Gasteiger partial charge in [-0.05, 0) is 49.7 Å². The molecule has 0 atom stereocenters. The van der Waals surface area contributed by atoms with E-state index in [1.807, 2.05) is 19.1 Å². The van der Waals surface area contributed by atoms with E-state index in [1.54, 1.807) is 0 Å². The van der Waals surface area contributed by atoms with Gasteiger partial charge < -0.3 is 9.05 Å². The lowest BCUT2D eigenvalue weighted by molar-refractivity contribution is 0.215. The van der Waals surface area contributed by atoms with E-state index < -0.39 is 6.80 Å². The van der Waals surface area contributed by atoms with E-state index in [1.165, 1.54) is 16.9 Å². The molecular formula is C16H27O3PS. The highest BCUT2D eigenvalue weighted by Gasteiger charge is 2.27.